The molecule has 1 atom stereocenters. The normalized spacial score (nSPS) is 12.1. The van der Waals surface area contributed by atoms with E-state index in [0.717, 1.165) is 18.4 Å². The van der Waals surface area contributed by atoms with Crippen molar-refractivity contribution in [1.82, 2.24) is 0 Å². The average Bonchev–Trinajstić information content (AvgIpc) is 2.81. The van der Waals surface area contributed by atoms with Crippen LogP contribution < -0.4 is 0 Å². The largest absolute Gasteiger partial charge is 0.458 e. The maximum atomic E-state index is 12.0. The maximum Gasteiger partial charge on any atom is 0.306 e. The number of esters is 1. The Morgan fingerprint density at radius 3 is 1.41 bits per heavy atom. The highest BCUT2D eigenvalue weighted by atomic mass is 16.5. The summed E-state index contributed by atoms with van der Waals surface area (Å²) >= 11 is 0. The minimum atomic E-state index is -0.149. The molecule has 0 bridgehead atoms. The zero-order valence-electron chi connectivity index (χ0n) is 21.4. The second-order valence-electron chi connectivity index (χ2n) is 9.66. The first-order valence-electron chi connectivity index (χ1n) is 14.0. The molecular formula is C30H52O2. The molecule has 0 aromatic heterocycles. The number of hydrogen-bond donors (Lipinski definition) is 0. The third-order valence-corrected chi connectivity index (χ3v) is 6.56. The fraction of sp³-hybridized carbons (Fsp3) is 0.767. The lowest BCUT2D eigenvalue weighted by Crippen LogP contribution is -2.08. The summed E-state index contributed by atoms with van der Waals surface area (Å²) in [5.74, 6) is -0.0617. The van der Waals surface area contributed by atoms with Gasteiger partial charge >= 0.3 is 5.97 Å². The molecule has 0 aliphatic rings. The Morgan fingerprint density at radius 1 is 0.625 bits per heavy atom. The highest BCUT2D eigenvalue weighted by Crippen LogP contribution is 2.18. The van der Waals surface area contributed by atoms with Crippen molar-refractivity contribution < 1.29 is 9.53 Å². The number of ether oxygens (including phenoxy) is 1. The van der Waals surface area contributed by atoms with Crippen LogP contribution in [0.4, 0.5) is 0 Å². The van der Waals surface area contributed by atoms with Crippen molar-refractivity contribution in [1.29, 1.82) is 0 Å². The van der Waals surface area contributed by atoms with E-state index in [9.17, 15) is 4.79 Å². The van der Waals surface area contributed by atoms with Crippen LogP contribution in [0.1, 0.15) is 154 Å². The van der Waals surface area contributed by atoms with Crippen LogP contribution in [0.25, 0.3) is 0 Å². The van der Waals surface area contributed by atoms with Gasteiger partial charge in [0.25, 0.3) is 0 Å². The molecule has 1 aromatic carbocycles. The van der Waals surface area contributed by atoms with Gasteiger partial charge in [-0.1, -0.05) is 153 Å². The van der Waals surface area contributed by atoms with Gasteiger partial charge in [-0.05, 0) is 18.9 Å². The van der Waals surface area contributed by atoms with Crippen LogP contribution in [0.3, 0.4) is 0 Å². The van der Waals surface area contributed by atoms with Crippen molar-refractivity contribution in [3.63, 3.8) is 0 Å². The molecular weight excluding hydrogens is 392 g/mol. The Hall–Kier alpha value is -1.31. The lowest BCUT2D eigenvalue weighted by atomic mass is 10.0. The van der Waals surface area contributed by atoms with Gasteiger partial charge in [-0.3, -0.25) is 4.79 Å². The number of benzene rings is 1. The van der Waals surface area contributed by atoms with E-state index in [-0.39, 0.29) is 12.1 Å². The van der Waals surface area contributed by atoms with Crippen LogP contribution in [0.15, 0.2) is 30.3 Å². The second-order valence-corrected chi connectivity index (χ2v) is 9.66. The zero-order valence-corrected chi connectivity index (χ0v) is 21.4. The summed E-state index contributed by atoms with van der Waals surface area (Å²) in [4.78, 5) is 12.0. The Bertz CT molecular complexity index is 525. The molecule has 0 aliphatic heterocycles. The van der Waals surface area contributed by atoms with Gasteiger partial charge in [-0.15, -0.1) is 0 Å². The molecule has 0 saturated heterocycles. The van der Waals surface area contributed by atoms with E-state index in [4.69, 9.17) is 4.74 Å². The SMILES string of the molecule is CCCCCCCCCCCCCCCCCCCCCC(=O)O[C@H](C)c1ccccc1. The van der Waals surface area contributed by atoms with E-state index in [1.165, 1.54) is 109 Å². The molecule has 0 unspecified atom stereocenters. The van der Waals surface area contributed by atoms with E-state index in [1.807, 2.05) is 37.3 Å². The lowest BCUT2D eigenvalue weighted by Gasteiger charge is -2.13. The summed E-state index contributed by atoms with van der Waals surface area (Å²) in [5.41, 5.74) is 1.06. The number of carbonyl (C=O) groups is 1. The van der Waals surface area contributed by atoms with Gasteiger partial charge in [0.15, 0.2) is 0 Å². The average molecular weight is 445 g/mol. The molecule has 0 fully saturated rings. The van der Waals surface area contributed by atoms with Crippen LogP contribution in [-0.4, -0.2) is 5.97 Å². The summed E-state index contributed by atoms with van der Waals surface area (Å²) in [6, 6.07) is 9.97. The Morgan fingerprint density at radius 2 is 1.00 bits per heavy atom. The summed E-state index contributed by atoms with van der Waals surface area (Å²) in [6.07, 6.45) is 26.4. The number of rotatable bonds is 22. The first-order chi connectivity index (χ1) is 15.7. The number of carbonyl (C=O) groups excluding carboxylic acids is 1. The molecule has 0 N–H and O–H groups in total. The molecule has 2 heteroatoms. The molecule has 1 rings (SSSR count). The van der Waals surface area contributed by atoms with Gasteiger partial charge < -0.3 is 4.74 Å². The summed E-state index contributed by atoms with van der Waals surface area (Å²) in [5, 5.41) is 0. The molecule has 2 nitrogen and oxygen atoms in total. The lowest BCUT2D eigenvalue weighted by molar-refractivity contribution is -0.148. The van der Waals surface area contributed by atoms with Crippen molar-refractivity contribution in [2.45, 2.75) is 148 Å². The van der Waals surface area contributed by atoms with E-state index in [1.54, 1.807) is 0 Å². The van der Waals surface area contributed by atoms with E-state index in [0.29, 0.717) is 6.42 Å². The minimum absolute atomic E-state index is 0.0617. The van der Waals surface area contributed by atoms with Crippen molar-refractivity contribution in [3.8, 4) is 0 Å². The van der Waals surface area contributed by atoms with E-state index in [2.05, 4.69) is 6.92 Å². The molecule has 1 aromatic rings. The molecule has 0 radical (unpaired) electrons. The minimum Gasteiger partial charge on any atom is -0.458 e. The quantitative estimate of drug-likeness (QED) is 0.131. The van der Waals surface area contributed by atoms with Gasteiger partial charge in [-0.2, -0.15) is 0 Å². The highest BCUT2D eigenvalue weighted by Gasteiger charge is 2.10. The van der Waals surface area contributed by atoms with Crippen LogP contribution in [0.2, 0.25) is 0 Å². The predicted molar refractivity (Wildman–Crippen MR) is 139 cm³/mol. The topological polar surface area (TPSA) is 26.3 Å². The Labute approximate surface area is 199 Å². The second kappa shape index (κ2) is 21.5. The van der Waals surface area contributed by atoms with E-state index < -0.39 is 0 Å². The van der Waals surface area contributed by atoms with Crippen LogP contribution >= 0.6 is 0 Å². The fourth-order valence-electron chi connectivity index (χ4n) is 4.40. The summed E-state index contributed by atoms with van der Waals surface area (Å²) < 4.78 is 5.53. The summed E-state index contributed by atoms with van der Waals surface area (Å²) in [6.45, 7) is 4.24. The Balaban J connectivity index is 1.77. The Kier molecular flexibility index (Phi) is 19.3. The van der Waals surface area contributed by atoms with Gasteiger partial charge in [0.1, 0.15) is 6.10 Å². The first-order valence-corrected chi connectivity index (χ1v) is 14.0. The number of unbranched alkanes of at least 4 members (excludes halogenated alkanes) is 18. The van der Waals surface area contributed by atoms with Gasteiger partial charge in [-0.25, -0.2) is 0 Å². The molecule has 0 spiro atoms. The van der Waals surface area contributed by atoms with Crippen molar-refractivity contribution in [3.05, 3.63) is 35.9 Å². The van der Waals surface area contributed by atoms with E-state index >= 15 is 0 Å². The number of hydrogen-bond acceptors (Lipinski definition) is 2. The van der Waals surface area contributed by atoms with Crippen molar-refractivity contribution in [2.75, 3.05) is 0 Å². The fourth-order valence-corrected chi connectivity index (χ4v) is 4.40. The molecule has 32 heavy (non-hydrogen) atoms. The molecule has 0 amide bonds. The highest BCUT2D eigenvalue weighted by molar-refractivity contribution is 5.69. The van der Waals surface area contributed by atoms with Gasteiger partial charge in [0.2, 0.25) is 0 Å². The molecule has 0 heterocycles. The first kappa shape index (κ1) is 28.7. The monoisotopic (exact) mass is 444 g/mol. The van der Waals surface area contributed by atoms with Crippen LogP contribution in [0.5, 0.6) is 0 Å². The molecule has 0 saturated carbocycles. The molecule has 0 aliphatic carbocycles. The third-order valence-electron chi connectivity index (χ3n) is 6.56. The maximum absolute atomic E-state index is 12.0. The summed E-state index contributed by atoms with van der Waals surface area (Å²) in [7, 11) is 0. The molecule has 184 valence electrons. The van der Waals surface area contributed by atoms with Gasteiger partial charge in [0.05, 0.1) is 0 Å². The van der Waals surface area contributed by atoms with Crippen LogP contribution in [-0.2, 0) is 9.53 Å². The van der Waals surface area contributed by atoms with Crippen LogP contribution in [0, 0.1) is 0 Å². The third kappa shape index (κ3) is 17.3. The van der Waals surface area contributed by atoms with Gasteiger partial charge in [0, 0.05) is 6.42 Å². The smallest absolute Gasteiger partial charge is 0.306 e. The predicted octanol–water partition coefficient (Wildman–Crippen LogP) is 10.1. The van der Waals surface area contributed by atoms with Crippen molar-refractivity contribution >= 4 is 5.97 Å². The van der Waals surface area contributed by atoms with Crippen molar-refractivity contribution in [2.24, 2.45) is 0 Å². The zero-order chi connectivity index (χ0) is 23.1. The standard InChI is InChI=1S/C30H52O2/c1-3-4-5-6-7-8-9-10-11-12-13-14-15-16-17-18-19-20-24-27-30(31)32-28(2)29-25-22-21-23-26-29/h21-23,25-26,28H,3-20,24,27H2,1-2H3/t28-/m1/s1.